The molecule has 0 spiro atoms. The summed E-state index contributed by atoms with van der Waals surface area (Å²) in [6, 6.07) is 5.51. The summed E-state index contributed by atoms with van der Waals surface area (Å²) in [7, 11) is 0. The van der Waals surface area contributed by atoms with Gasteiger partial charge in [-0.05, 0) is 43.1 Å². The number of benzene rings is 1. The van der Waals surface area contributed by atoms with Gasteiger partial charge in [-0.2, -0.15) is 0 Å². The Balaban J connectivity index is 2.31. The summed E-state index contributed by atoms with van der Waals surface area (Å²) in [5.41, 5.74) is 1.08. The van der Waals surface area contributed by atoms with E-state index in [9.17, 15) is 0 Å². The Bertz CT molecular complexity index is 284. The summed E-state index contributed by atoms with van der Waals surface area (Å²) in [5.74, 6) is 0. The van der Waals surface area contributed by atoms with Gasteiger partial charge in [0.05, 0.1) is 0 Å². The molecule has 0 atom stereocenters. The smallest absolute Gasteiger partial charge is 0.0431 e. The summed E-state index contributed by atoms with van der Waals surface area (Å²) < 4.78 is 0. The van der Waals surface area contributed by atoms with Crippen LogP contribution in [0.2, 0.25) is 10.0 Å². The lowest BCUT2D eigenvalue weighted by Gasteiger charge is -2.05. The molecule has 0 aromatic heterocycles. The predicted octanol–water partition coefficient (Wildman–Crippen LogP) is 2.86. The summed E-state index contributed by atoms with van der Waals surface area (Å²) in [4.78, 5) is 0. The Hall–Kier alpha value is -0.280. The van der Waals surface area contributed by atoms with Gasteiger partial charge in [0.25, 0.3) is 0 Å². The molecule has 0 bridgehead atoms. The average Bonchev–Trinajstić information content (AvgIpc) is 2.16. The number of hydrogen-bond acceptors (Lipinski definition) is 2. The Morgan fingerprint density at radius 2 is 1.73 bits per heavy atom. The van der Waals surface area contributed by atoms with E-state index in [1.54, 1.807) is 6.07 Å². The van der Waals surface area contributed by atoms with E-state index in [4.69, 9.17) is 28.3 Å². The van der Waals surface area contributed by atoms with Crippen molar-refractivity contribution >= 4 is 23.2 Å². The first-order valence-electron chi connectivity index (χ1n) is 4.99. The maximum atomic E-state index is 8.59. The van der Waals surface area contributed by atoms with Crippen LogP contribution < -0.4 is 5.32 Å². The summed E-state index contributed by atoms with van der Waals surface area (Å²) in [6.45, 7) is 1.90. The molecular formula is C11H15Cl2NO. The van der Waals surface area contributed by atoms with Crippen LogP contribution in [0.1, 0.15) is 18.4 Å². The summed E-state index contributed by atoms with van der Waals surface area (Å²) in [5, 5.41) is 13.2. The molecule has 4 heteroatoms. The second-order valence-corrected chi connectivity index (χ2v) is 4.26. The van der Waals surface area contributed by atoms with Gasteiger partial charge >= 0.3 is 0 Å². The Labute approximate surface area is 100 Å². The molecule has 0 heterocycles. The van der Waals surface area contributed by atoms with Gasteiger partial charge in [-0.3, -0.25) is 0 Å². The van der Waals surface area contributed by atoms with Crippen LogP contribution in [-0.2, 0) is 6.54 Å². The predicted molar refractivity (Wildman–Crippen MR) is 64.5 cm³/mol. The molecule has 2 nitrogen and oxygen atoms in total. The molecule has 84 valence electrons. The van der Waals surface area contributed by atoms with Crippen molar-refractivity contribution in [2.75, 3.05) is 13.2 Å². The normalized spacial score (nSPS) is 10.6. The molecule has 1 aromatic rings. The number of rotatable bonds is 6. The van der Waals surface area contributed by atoms with Crippen molar-refractivity contribution in [1.82, 2.24) is 5.32 Å². The highest BCUT2D eigenvalue weighted by Crippen LogP contribution is 2.18. The van der Waals surface area contributed by atoms with Crippen LogP contribution >= 0.6 is 23.2 Å². The van der Waals surface area contributed by atoms with E-state index in [-0.39, 0.29) is 6.61 Å². The van der Waals surface area contributed by atoms with E-state index in [1.807, 2.05) is 12.1 Å². The summed E-state index contributed by atoms with van der Waals surface area (Å²) >= 11 is 11.7. The quantitative estimate of drug-likeness (QED) is 0.759. The molecule has 15 heavy (non-hydrogen) atoms. The van der Waals surface area contributed by atoms with Crippen LogP contribution in [0, 0.1) is 0 Å². The van der Waals surface area contributed by atoms with Gasteiger partial charge in [-0.15, -0.1) is 0 Å². The second-order valence-electron chi connectivity index (χ2n) is 3.39. The van der Waals surface area contributed by atoms with Gasteiger partial charge in [-0.1, -0.05) is 23.2 Å². The van der Waals surface area contributed by atoms with Crippen molar-refractivity contribution in [3.63, 3.8) is 0 Å². The lowest BCUT2D eigenvalue weighted by atomic mass is 10.2. The van der Waals surface area contributed by atoms with Gasteiger partial charge in [0.2, 0.25) is 0 Å². The number of halogens is 2. The van der Waals surface area contributed by atoms with Gasteiger partial charge < -0.3 is 10.4 Å². The number of unbranched alkanes of at least 4 members (excludes halogenated alkanes) is 1. The SMILES string of the molecule is OCCCCNCc1cc(Cl)cc(Cl)c1. The van der Waals surface area contributed by atoms with Crippen molar-refractivity contribution in [2.24, 2.45) is 0 Å². The lowest BCUT2D eigenvalue weighted by Crippen LogP contribution is -2.14. The minimum Gasteiger partial charge on any atom is -0.396 e. The van der Waals surface area contributed by atoms with Crippen LogP contribution in [0.25, 0.3) is 0 Å². The van der Waals surface area contributed by atoms with Crippen molar-refractivity contribution in [2.45, 2.75) is 19.4 Å². The molecule has 1 rings (SSSR count). The molecule has 0 saturated heterocycles. The van der Waals surface area contributed by atoms with Gasteiger partial charge in [-0.25, -0.2) is 0 Å². The Kier molecular flexibility index (Phi) is 6.03. The molecule has 0 aliphatic heterocycles. The minimum atomic E-state index is 0.255. The molecule has 1 aromatic carbocycles. The highest BCUT2D eigenvalue weighted by atomic mass is 35.5. The molecule has 0 aliphatic carbocycles. The first-order valence-corrected chi connectivity index (χ1v) is 5.74. The zero-order valence-corrected chi connectivity index (χ0v) is 9.98. The van der Waals surface area contributed by atoms with Gasteiger partial charge in [0.15, 0.2) is 0 Å². The maximum absolute atomic E-state index is 8.59. The van der Waals surface area contributed by atoms with Crippen molar-refractivity contribution in [3.05, 3.63) is 33.8 Å². The zero-order chi connectivity index (χ0) is 11.1. The van der Waals surface area contributed by atoms with Crippen molar-refractivity contribution in [3.8, 4) is 0 Å². The van der Waals surface area contributed by atoms with E-state index in [2.05, 4.69) is 5.32 Å². The van der Waals surface area contributed by atoms with Crippen LogP contribution in [0.5, 0.6) is 0 Å². The number of aliphatic hydroxyl groups excluding tert-OH is 1. The molecule has 0 unspecified atom stereocenters. The highest BCUT2D eigenvalue weighted by Gasteiger charge is 1.97. The Morgan fingerprint density at radius 1 is 1.07 bits per heavy atom. The van der Waals surface area contributed by atoms with E-state index in [1.165, 1.54) is 0 Å². The fraction of sp³-hybridized carbons (Fsp3) is 0.455. The van der Waals surface area contributed by atoms with E-state index < -0.39 is 0 Å². The van der Waals surface area contributed by atoms with Crippen LogP contribution in [0.15, 0.2) is 18.2 Å². The van der Waals surface area contributed by atoms with Gasteiger partial charge in [0.1, 0.15) is 0 Å². The van der Waals surface area contributed by atoms with Crippen molar-refractivity contribution in [1.29, 1.82) is 0 Å². The maximum Gasteiger partial charge on any atom is 0.0431 e. The molecule has 0 amide bonds. The number of aliphatic hydroxyl groups is 1. The zero-order valence-electron chi connectivity index (χ0n) is 8.47. The Morgan fingerprint density at radius 3 is 2.33 bits per heavy atom. The molecule has 2 N–H and O–H groups in total. The molecule has 0 saturated carbocycles. The molecule has 0 radical (unpaired) electrons. The van der Waals surface area contributed by atoms with Crippen LogP contribution in [0.4, 0.5) is 0 Å². The first kappa shape index (κ1) is 12.8. The molecular weight excluding hydrogens is 233 g/mol. The van der Waals surface area contributed by atoms with Crippen LogP contribution in [-0.4, -0.2) is 18.3 Å². The van der Waals surface area contributed by atoms with E-state index >= 15 is 0 Å². The standard InChI is InChI=1S/C11H15Cl2NO/c12-10-5-9(6-11(13)7-10)8-14-3-1-2-4-15/h5-7,14-15H,1-4,8H2. The van der Waals surface area contributed by atoms with E-state index in [0.29, 0.717) is 10.0 Å². The number of nitrogens with one attached hydrogen (secondary N) is 1. The average molecular weight is 248 g/mol. The third-order valence-electron chi connectivity index (χ3n) is 2.01. The molecule has 0 fully saturated rings. The number of hydrogen-bond donors (Lipinski definition) is 2. The third kappa shape index (κ3) is 5.38. The summed E-state index contributed by atoms with van der Waals surface area (Å²) in [6.07, 6.45) is 1.81. The fourth-order valence-electron chi connectivity index (χ4n) is 1.31. The lowest BCUT2D eigenvalue weighted by molar-refractivity contribution is 0.283. The molecule has 0 aliphatic rings. The fourth-order valence-corrected chi connectivity index (χ4v) is 1.88. The highest BCUT2D eigenvalue weighted by molar-refractivity contribution is 6.34. The van der Waals surface area contributed by atoms with Crippen molar-refractivity contribution < 1.29 is 5.11 Å². The van der Waals surface area contributed by atoms with Gasteiger partial charge in [0, 0.05) is 23.2 Å². The van der Waals surface area contributed by atoms with Crippen LogP contribution in [0.3, 0.4) is 0 Å². The van der Waals surface area contributed by atoms with E-state index in [0.717, 1.165) is 31.5 Å². The minimum absolute atomic E-state index is 0.255. The monoisotopic (exact) mass is 247 g/mol. The largest absolute Gasteiger partial charge is 0.396 e. The second kappa shape index (κ2) is 7.07. The topological polar surface area (TPSA) is 32.3 Å². The third-order valence-corrected chi connectivity index (χ3v) is 2.45. The first-order chi connectivity index (χ1) is 7.22.